The second-order valence-electron chi connectivity index (χ2n) is 4.48. The van der Waals surface area contributed by atoms with Crippen molar-refractivity contribution in [2.24, 2.45) is 11.8 Å². The summed E-state index contributed by atoms with van der Waals surface area (Å²) in [6, 6.07) is -0.771. The fourth-order valence-corrected chi connectivity index (χ4v) is 2.02. The molecule has 0 aromatic rings. The average molecular weight is 269 g/mol. The summed E-state index contributed by atoms with van der Waals surface area (Å²) in [4.78, 5) is 34.5. The Morgan fingerprint density at radius 1 is 1.32 bits per heavy atom. The van der Waals surface area contributed by atoms with E-state index < -0.39 is 35.7 Å². The van der Waals surface area contributed by atoms with E-state index in [0.29, 0.717) is 12.8 Å². The molecule has 1 amide bonds. The van der Waals surface area contributed by atoms with Crippen molar-refractivity contribution in [3.8, 4) is 0 Å². The number of aliphatic carboxylic acids is 1. The Hall–Kier alpha value is -1.85. The molecule has 2 N–H and O–H groups in total. The molecular formula is C13H19NO5. The van der Waals surface area contributed by atoms with Crippen LogP contribution in [0.1, 0.15) is 26.7 Å². The van der Waals surface area contributed by atoms with Crippen LogP contribution < -0.4 is 5.32 Å². The first-order valence-corrected chi connectivity index (χ1v) is 6.32. The monoisotopic (exact) mass is 269 g/mol. The van der Waals surface area contributed by atoms with Gasteiger partial charge < -0.3 is 15.2 Å². The Bertz CT molecular complexity index is 390. The van der Waals surface area contributed by atoms with Crippen LogP contribution in [-0.4, -0.2) is 35.6 Å². The number of hydrogen-bond acceptors (Lipinski definition) is 4. The zero-order valence-corrected chi connectivity index (χ0v) is 11.1. The van der Waals surface area contributed by atoms with Gasteiger partial charge in [0.05, 0.1) is 18.4 Å². The van der Waals surface area contributed by atoms with Crippen LogP contribution >= 0.6 is 0 Å². The van der Waals surface area contributed by atoms with Gasteiger partial charge in [-0.25, -0.2) is 4.79 Å². The lowest BCUT2D eigenvalue weighted by Crippen LogP contribution is -2.45. The van der Waals surface area contributed by atoms with Gasteiger partial charge in [0.25, 0.3) is 0 Å². The van der Waals surface area contributed by atoms with Gasteiger partial charge in [-0.1, -0.05) is 12.2 Å². The molecule has 0 aromatic heterocycles. The summed E-state index contributed by atoms with van der Waals surface area (Å²) in [5.41, 5.74) is 0. The maximum Gasteiger partial charge on any atom is 0.328 e. The second kappa shape index (κ2) is 6.92. The third-order valence-corrected chi connectivity index (χ3v) is 3.09. The van der Waals surface area contributed by atoms with Crippen molar-refractivity contribution >= 4 is 17.8 Å². The van der Waals surface area contributed by atoms with Gasteiger partial charge in [-0.05, 0) is 26.7 Å². The molecule has 1 rings (SSSR count). The van der Waals surface area contributed by atoms with Crippen molar-refractivity contribution in [1.29, 1.82) is 0 Å². The molecule has 0 spiro atoms. The summed E-state index contributed by atoms with van der Waals surface area (Å²) in [5.74, 6) is -3.31. The van der Waals surface area contributed by atoms with Gasteiger partial charge in [-0.3, -0.25) is 9.59 Å². The van der Waals surface area contributed by atoms with Gasteiger partial charge >= 0.3 is 11.9 Å². The molecule has 1 unspecified atom stereocenters. The number of allylic oxidation sites excluding steroid dienone is 2. The molecule has 3 atom stereocenters. The maximum absolute atomic E-state index is 12.0. The molecule has 19 heavy (non-hydrogen) atoms. The predicted molar refractivity (Wildman–Crippen MR) is 67.2 cm³/mol. The number of carbonyl (C=O) groups excluding carboxylic acids is 2. The number of carboxylic acid groups (broad SMARTS) is 1. The SMILES string of the molecule is CCOC(=O)C(C)NC(=O)[C@@H]1CC=CC[C@@H]1C(=O)O. The Morgan fingerprint density at radius 2 is 1.89 bits per heavy atom. The Kier molecular flexibility index (Phi) is 5.54. The van der Waals surface area contributed by atoms with Crippen LogP contribution in [0, 0.1) is 11.8 Å². The normalized spacial score (nSPS) is 23.5. The minimum absolute atomic E-state index is 0.239. The molecule has 6 nitrogen and oxygen atoms in total. The first kappa shape index (κ1) is 15.2. The topological polar surface area (TPSA) is 92.7 Å². The number of esters is 1. The number of rotatable bonds is 5. The van der Waals surface area contributed by atoms with E-state index in [9.17, 15) is 14.4 Å². The van der Waals surface area contributed by atoms with E-state index in [1.54, 1.807) is 19.1 Å². The molecule has 1 aliphatic rings. The van der Waals surface area contributed by atoms with Gasteiger partial charge in [-0.15, -0.1) is 0 Å². The van der Waals surface area contributed by atoms with Crippen LogP contribution in [0.2, 0.25) is 0 Å². The predicted octanol–water partition coefficient (Wildman–Crippen LogP) is 0.721. The molecule has 6 heteroatoms. The number of nitrogens with one attached hydrogen (secondary N) is 1. The van der Waals surface area contributed by atoms with Gasteiger partial charge in [0, 0.05) is 0 Å². The first-order valence-electron chi connectivity index (χ1n) is 6.32. The summed E-state index contributed by atoms with van der Waals surface area (Å²) in [7, 11) is 0. The smallest absolute Gasteiger partial charge is 0.328 e. The lowest BCUT2D eigenvalue weighted by atomic mass is 9.82. The van der Waals surface area contributed by atoms with Gasteiger partial charge in [0.15, 0.2) is 0 Å². The average Bonchev–Trinajstić information content (AvgIpc) is 2.38. The van der Waals surface area contributed by atoms with Crippen LogP contribution in [-0.2, 0) is 19.1 Å². The zero-order chi connectivity index (χ0) is 14.4. The number of hydrogen-bond donors (Lipinski definition) is 2. The van der Waals surface area contributed by atoms with E-state index in [2.05, 4.69) is 5.32 Å². The van der Waals surface area contributed by atoms with E-state index >= 15 is 0 Å². The number of carbonyl (C=O) groups is 3. The number of ether oxygens (including phenoxy) is 1. The third-order valence-electron chi connectivity index (χ3n) is 3.09. The highest BCUT2D eigenvalue weighted by Crippen LogP contribution is 2.26. The second-order valence-corrected chi connectivity index (χ2v) is 4.48. The highest BCUT2D eigenvalue weighted by atomic mass is 16.5. The van der Waals surface area contributed by atoms with Crippen LogP contribution in [0.3, 0.4) is 0 Å². The van der Waals surface area contributed by atoms with Crippen LogP contribution in [0.25, 0.3) is 0 Å². The molecule has 0 aliphatic heterocycles. The van der Waals surface area contributed by atoms with Crippen LogP contribution in [0.5, 0.6) is 0 Å². The van der Waals surface area contributed by atoms with Crippen molar-refractivity contribution in [2.45, 2.75) is 32.7 Å². The van der Waals surface area contributed by atoms with Crippen molar-refractivity contribution in [1.82, 2.24) is 5.32 Å². The highest BCUT2D eigenvalue weighted by molar-refractivity contribution is 5.88. The Morgan fingerprint density at radius 3 is 2.42 bits per heavy atom. The maximum atomic E-state index is 12.0. The van der Waals surface area contributed by atoms with E-state index in [1.165, 1.54) is 6.92 Å². The van der Waals surface area contributed by atoms with E-state index in [1.807, 2.05) is 0 Å². The van der Waals surface area contributed by atoms with Crippen molar-refractivity contribution in [2.75, 3.05) is 6.61 Å². The summed E-state index contributed by atoms with van der Waals surface area (Å²) in [6.45, 7) is 3.44. The molecule has 106 valence electrons. The molecule has 0 radical (unpaired) electrons. The Labute approximate surface area is 111 Å². The van der Waals surface area contributed by atoms with Gasteiger partial charge in [0.2, 0.25) is 5.91 Å². The highest BCUT2D eigenvalue weighted by Gasteiger charge is 2.35. The van der Waals surface area contributed by atoms with Crippen molar-refractivity contribution in [3.05, 3.63) is 12.2 Å². The van der Waals surface area contributed by atoms with Crippen molar-refractivity contribution < 1.29 is 24.2 Å². The lowest BCUT2D eigenvalue weighted by molar-refractivity contribution is -0.149. The quantitative estimate of drug-likeness (QED) is 0.566. The molecule has 0 fully saturated rings. The first-order chi connectivity index (χ1) is 8.97. The molecule has 0 saturated carbocycles. The molecule has 0 heterocycles. The van der Waals surface area contributed by atoms with Gasteiger partial charge in [0.1, 0.15) is 6.04 Å². The fourth-order valence-electron chi connectivity index (χ4n) is 2.02. The summed E-state index contributed by atoms with van der Waals surface area (Å²) >= 11 is 0. The Balaban J connectivity index is 2.63. The lowest BCUT2D eigenvalue weighted by Gasteiger charge is -2.25. The molecule has 0 aromatic carbocycles. The molecular weight excluding hydrogens is 250 g/mol. The van der Waals surface area contributed by atoms with E-state index in [4.69, 9.17) is 9.84 Å². The van der Waals surface area contributed by atoms with E-state index in [0.717, 1.165) is 0 Å². The van der Waals surface area contributed by atoms with E-state index in [-0.39, 0.29) is 6.61 Å². The largest absolute Gasteiger partial charge is 0.481 e. The van der Waals surface area contributed by atoms with Crippen molar-refractivity contribution in [3.63, 3.8) is 0 Å². The minimum Gasteiger partial charge on any atom is -0.481 e. The number of amides is 1. The minimum atomic E-state index is -0.992. The molecule has 0 bridgehead atoms. The van der Waals surface area contributed by atoms with Crippen LogP contribution in [0.4, 0.5) is 0 Å². The van der Waals surface area contributed by atoms with Crippen LogP contribution in [0.15, 0.2) is 12.2 Å². The molecule has 0 saturated heterocycles. The summed E-state index contributed by atoms with van der Waals surface area (Å²) in [5, 5.41) is 11.6. The fraction of sp³-hybridized carbons (Fsp3) is 0.615. The molecule has 1 aliphatic carbocycles. The third kappa shape index (κ3) is 4.08. The zero-order valence-electron chi connectivity index (χ0n) is 11.1. The summed E-state index contributed by atoms with van der Waals surface area (Å²) in [6.07, 6.45) is 4.26. The standard InChI is InChI=1S/C13H19NO5/c1-3-19-13(18)8(2)14-11(15)9-6-4-5-7-10(9)12(16)17/h4-5,8-10H,3,6-7H2,1-2H3,(H,14,15)(H,16,17)/t8?,9-,10+/m1/s1. The summed E-state index contributed by atoms with van der Waals surface area (Å²) < 4.78 is 4.78. The van der Waals surface area contributed by atoms with Gasteiger partial charge in [-0.2, -0.15) is 0 Å². The number of carboxylic acids is 1.